The van der Waals surface area contributed by atoms with Crippen LogP contribution in [0.5, 0.6) is 0 Å². The van der Waals surface area contributed by atoms with Crippen molar-refractivity contribution in [2.45, 2.75) is 70.4 Å². The van der Waals surface area contributed by atoms with Crippen molar-refractivity contribution in [1.82, 2.24) is 20.3 Å². The molecule has 1 fully saturated rings. The first-order valence-corrected chi connectivity index (χ1v) is 20.2. The zero-order valence-corrected chi connectivity index (χ0v) is 33.7. The van der Waals surface area contributed by atoms with Crippen molar-refractivity contribution in [3.05, 3.63) is 155 Å². The zero-order valence-electron chi connectivity index (χ0n) is 33.7. The summed E-state index contributed by atoms with van der Waals surface area (Å²) in [6.07, 6.45) is -1.09. The van der Waals surface area contributed by atoms with Gasteiger partial charge in [-0.05, 0) is 22.3 Å². The second-order valence-electron chi connectivity index (χ2n) is 14.1. The molecule has 4 aromatic carbocycles. The Kier molecular flexibility index (Phi) is 18.5. The van der Waals surface area contributed by atoms with Gasteiger partial charge in [0.2, 0.25) is 5.91 Å². The number of carbonyl (C=O) groups is 1. The highest BCUT2D eigenvalue weighted by Crippen LogP contribution is 2.38. The van der Waals surface area contributed by atoms with Crippen LogP contribution in [0.4, 0.5) is 0 Å². The number of hydrogen-bond acceptors (Lipinski definition) is 11. The topological polar surface area (TPSA) is 134 Å². The third kappa shape index (κ3) is 15.1. The molecule has 1 N–H and O–H groups in total. The van der Waals surface area contributed by atoms with Crippen LogP contribution in [0.1, 0.15) is 41.0 Å². The Hall–Kier alpha value is -4.83. The molecule has 1 aliphatic heterocycles. The van der Waals surface area contributed by atoms with Gasteiger partial charge in [-0.3, -0.25) is 4.79 Å². The molecule has 0 aliphatic carbocycles. The molecule has 59 heavy (non-hydrogen) atoms. The second kappa shape index (κ2) is 24.9. The van der Waals surface area contributed by atoms with Gasteiger partial charge in [0, 0.05) is 13.5 Å². The minimum Gasteiger partial charge on any atom is -0.377 e. The first-order valence-electron chi connectivity index (χ1n) is 20.2. The maximum absolute atomic E-state index is 10.9. The van der Waals surface area contributed by atoms with Gasteiger partial charge in [0.25, 0.3) is 0 Å². The second-order valence-corrected chi connectivity index (χ2v) is 14.1. The van der Waals surface area contributed by atoms with Crippen LogP contribution < -0.4 is 5.32 Å². The van der Waals surface area contributed by atoms with Crippen molar-refractivity contribution in [3.63, 3.8) is 0 Å². The SMILES string of the molecule is CC(=O)NCCOCCOCCOCCn1cc([C@@H]2O[C@H](COCc3ccccc3)[C@H](OCc3ccccc3)[C@H](OCc3ccccc3)[C@H]2OCc2ccccc2)nn1. The summed E-state index contributed by atoms with van der Waals surface area (Å²) in [5, 5.41) is 11.8. The Balaban J connectivity index is 1.16. The highest BCUT2D eigenvalue weighted by molar-refractivity contribution is 5.72. The molecule has 314 valence electrons. The van der Waals surface area contributed by atoms with Crippen LogP contribution in [0.25, 0.3) is 0 Å². The van der Waals surface area contributed by atoms with Gasteiger partial charge >= 0.3 is 0 Å². The zero-order chi connectivity index (χ0) is 40.7. The lowest BCUT2D eigenvalue weighted by Crippen LogP contribution is -2.58. The fourth-order valence-corrected chi connectivity index (χ4v) is 6.58. The quantitative estimate of drug-likeness (QED) is 0.0673. The van der Waals surface area contributed by atoms with Crippen molar-refractivity contribution in [2.75, 3.05) is 52.8 Å². The standard InChI is InChI=1S/C46H56N4O9/c1-36(51)47-22-24-52-26-28-54-29-27-53-25-23-50-30-41(48-49-50)43-45(57-33-39-18-10-4-11-19-39)46(58-34-40-20-12-5-13-21-40)44(56-32-38-16-8-3-9-17-38)42(59-43)35-55-31-37-14-6-2-7-15-37/h2-21,30,42-46H,22-29,31-35H2,1H3,(H,47,51)/t42-,43+,44+,45+,46+/m1/s1. The van der Waals surface area contributed by atoms with Crippen molar-refractivity contribution < 1.29 is 42.7 Å². The molecule has 1 aliphatic rings. The van der Waals surface area contributed by atoms with Crippen molar-refractivity contribution in [1.29, 1.82) is 0 Å². The first-order chi connectivity index (χ1) is 29.1. The van der Waals surface area contributed by atoms with Crippen molar-refractivity contribution in [3.8, 4) is 0 Å². The third-order valence-electron chi connectivity index (χ3n) is 9.56. The van der Waals surface area contributed by atoms with E-state index in [-0.39, 0.29) is 12.5 Å². The highest BCUT2D eigenvalue weighted by Gasteiger charge is 2.50. The molecule has 0 saturated carbocycles. The van der Waals surface area contributed by atoms with E-state index < -0.39 is 30.5 Å². The first kappa shape index (κ1) is 43.7. The molecule has 0 bridgehead atoms. The molecule has 1 amide bonds. The predicted molar refractivity (Wildman–Crippen MR) is 220 cm³/mol. The Morgan fingerprint density at radius 2 is 1.07 bits per heavy atom. The van der Waals surface area contributed by atoms with E-state index in [0.717, 1.165) is 22.3 Å². The summed E-state index contributed by atoms with van der Waals surface area (Å²) in [5.74, 6) is -0.0754. The van der Waals surface area contributed by atoms with Gasteiger partial charge in [-0.15, -0.1) is 5.10 Å². The van der Waals surface area contributed by atoms with Crippen LogP contribution in [0.15, 0.2) is 128 Å². The molecular formula is C46H56N4O9. The molecule has 0 radical (unpaired) electrons. The van der Waals surface area contributed by atoms with Crippen molar-refractivity contribution >= 4 is 5.91 Å². The van der Waals surface area contributed by atoms with Crippen LogP contribution in [0.2, 0.25) is 0 Å². The number of rotatable bonds is 26. The average molecular weight is 809 g/mol. The molecule has 1 saturated heterocycles. The molecule has 5 atom stereocenters. The summed E-state index contributed by atoms with van der Waals surface area (Å²) in [7, 11) is 0. The summed E-state index contributed by atoms with van der Waals surface area (Å²) < 4.78 is 52.4. The molecule has 0 spiro atoms. The van der Waals surface area contributed by atoms with Crippen LogP contribution in [0.3, 0.4) is 0 Å². The van der Waals surface area contributed by atoms with Gasteiger partial charge in [0.15, 0.2) is 0 Å². The molecule has 1 aromatic heterocycles. The van der Waals surface area contributed by atoms with Crippen LogP contribution in [-0.4, -0.2) is 98.1 Å². The Labute approximate surface area is 346 Å². The summed E-state index contributed by atoms with van der Waals surface area (Å²) >= 11 is 0. The number of ether oxygens (including phenoxy) is 8. The molecule has 13 heteroatoms. The Bertz CT molecular complexity index is 1870. The lowest BCUT2D eigenvalue weighted by Gasteiger charge is -2.45. The fraction of sp³-hybridized carbons (Fsp3) is 0.413. The number of hydrogen-bond donors (Lipinski definition) is 1. The summed E-state index contributed by atoms with van der Waals surface area (Å²) in [5.41, 5.74) is 4.74. The van der Waals surface area contributed by atoms with E-state index >= 15 is 0 Å². The summed E-state index contributed by atoms with van der Waals surface area (Å²) in [4.78, 5) is 10.9. The molecule has 13 nitrogen and oxygen atoms in total. The monoisotopic (exact) mass is 808 g/mol. The van der Waals surface area contributed by atoms with Gasteiger partial charge in [0.05, 0.1) is 85.4 Å². The van der Waals surface area contributed by atoms with Gasteiger partial charge in [0.1, 0.15) is 36.2 Å². The number of benzene rings is 4. The van der Waals surface area contributed by atoms with E-state index in [0.29, 0.717) is 84.9 Å². The largest absolute Gasteiger partial charge is 0.377 e. The van der Waals surface area contributed by atoms with E-state index in [1.54, 1.807) is 4.68 Å². The molecule has 6 rings (SSSR count). The van der Waals surface area contributed by atoms with E-state index in [4.69, 9.17) is 37.9 Å². The van der Waals surface area contributed by atoms with Crippen LogP contribution >= 0.6 is 0 Å². The van der Waals surface area contributed by atoms with E-state index in [2.05, 4.69) is 15.6 Å². The molecule has 0 unspecified atom stereocenters. The summed E-state index contributed by atoms with van der Waals surface area (Å²) in [6, 6.07) is 40.3. The number of nitrogens with zero attached hydrogens (tertiary/aromatic N) is 3. The van der Waals surface area contributed by atoms with Crippen molar-refractivity contribution in [2.24, 2.45) is 0 Å². The molecule has 2 heterocycles. The number of amides is 1. The molecule has 5 aromatic rings. The van der Waals surface area contributed by atoms with Gasteiger partial charge in [-0.25, -0.2) is 4.68 Å². The van der Waals surface area contributed by atoms with Gasteiger partial charge < -0.3 is 43.2 Å². The smallest absolute Gasteiger partial charge is 0.216 e. The number of aromatic nitrogens is 3. The predicted octanol–water partition coefficient (Wildman–Crippen LogP) is 5.88. The fourth-order valence-electron chi connectivity index (χ4n) is 6.58. The Morgan fingerprint density at radius 1 is 0.593 bits per heavy atom. The van der Waals surface area contributed by atoms with E-state index in [1.165, 1.54) is 6.92 Å². The lowest BCUT2D eigenvalue weighted by molar-refractivity contribution is -0.275. The Morgan fingerprint density at radius 3 is 1.61 bits per heavy atom. The minimum absolute atomic E-state index is 0.0754. The van der Waals surface area contributed by atoms with E-state index in [1.807, 2.05) is 128 Å². The average Bonchev–Trinajstić information content (AvgIpc) is 3.75. The third-order valence-corrected chi connectivity index (χ3v) is 9.56. The maximum atomic E-state index is 10.9. The van der Waals surface area contributed by atoms with E-state index in [9.17, 15) is 4.79 Å². The van der Waals surface area contributed by atoms with Crippen LogP contribution in [0, 0.1) is 0 Å². The number of nitrogens with one attached hydrogen (secondary N) is 1. The normalized spacial score (nSPS) is 19.1. The lowest BCUT2D eigenvalue weighted by atomic mass is 9.92. The maximum Gasteiger partial charge on any atom is 0.216 e. The van der Waals surface area contributed by atoms with Gasteiger partial charge in [-0.2, -0.15) is 0 Å². The number of carbonyl (C=O) groups excluding carboxylic acids is 1. The molecular weight excluding hydrogens is 753 g/mol. The van der Waals surface area contributed by atoms with Gasteiger partial charge in [-0.1, -0.05) is 127 Å². The van der Waals surface area contributed by atoms with Crippen LogP contribution in [-0.2, 0) is 75.7 Å². The summed E-state index contributed by atoms with van der Waals surface area (Å²) in [6.45, 7) is 6.69. The highest BCUT2D eigenvalue weighted by atomic mass is 16.6. The minimum atomic E-state index is -0.662.